The molecule has 1 aromatic carbocycles. The van der Waals surface area contributed by atoms with Crippen molar-refractivity contribution < 1.29 is 24.0 Å². The second-order valence-electron chi connectivity index (χ2n) is 8.43. The van der Waals surface area contributed by atoms with Crippen LogP contribution in [-0.4, -0.2) is 44.0 Å². The van der Waals surface area contributed by atoms with Crippen molar-refractivity contribution in [2.45, 2.75) is 42.9 Å². The van der Waals surface area contributed by atoms with Crippen molar-refractivity contribution in [3.8, 4) is 23.2 Å². The Labute approximate surface area is 213 Å². The molecule has 0 aliphatic rings. The molecule has 0 fully saturated rings. The zero-order chi connectivity index (χ0) is 26.5. The standard InChI is InChI=1S/C24H27N5O5S2/c1-15(2)17-6-5-7-18(16-8-9-26-21(10-16)34-4)19(17)11-20(31)29-36(33,28-14-25)22-12-27-23(35-22)24(3,32)13-30/h5-10,12,15,30,32H,11,13H2,1-4H3,(H,28,29,31,33). The van der Waals surface area contributed by atoms with Gasteiger partial charge < -0.3 is 14.9 Å². The number of nitriles is 1. The molecule has 3 aromatic rings. The van der Waals surface area contributed by atoms with Gasteiger partial charge in [0.1, 0.15) is 14.8 Å². The highest BCUT2D eigenvalue weighted by atomic mass is 32.2. The average Bonchev–Trinajstić information content (AvgIpc) is 3.36. The molecule has 0 aliphatic carbocycles. The van der Waals surface area contributed by atoms with E-state index in [1.165, 1.54) is 20.2 Å². The van der Waals surface area contributed by atoms with Crippen molar-refractivity contribution in [1.29, 1.82) is 5.26 Å². The smallest absolute Gasteiger partial charge is 0.259 e. The molecule has 0 saturated carbocycles. The van der Waals surface area contributed by atoms with Crippen molar-refractivity contribution in [3.63, 3.8) is 0 Å². The van der Waals surface area contributed by atoms with E-state index in [1.54, 1.807) is 24.5 Å². The monoisotopic (exact) mass is 529 g/mol. The third kappa shape index (κ3) is 5.88. The molecule has 0 aliphatic heterocycles. The van der Waals surface area contributed by atoms with Gasteiger partial charge in [0.25, 0.3) is 5.91 Å². The Morgan fingerprint density at radius 2 is 2.11 bits per heavy atom. The highest BCUT2D eigenvalue weighted by molar-refractivity contribution is 7.94. The molecule has 0 spiro atoms. The van der Waals surface area contributed by atoms with Gasteiger partial charge in [0.15, 0.2) is 16.1 Å². The third-order valence-electron chi connectivity index (χ3n) is 5.36. The number of nitrogens with zero attached hydrogens (tertiary/aromatic N) is 4. The number of aromatic nitrogens is 2. The molecule has 2 aromatic heterocycles. The number of carbonyl (C=O) groups is 1. The molecule has 36 heavy (non-hydrogen) atoms. The second kappa shape index (κ2) is 11.1. The molecule has 10 nitrogen and oxygen atoms in total. The summed E-state index contributed by atoms with van der Waals surface area (Å²) in [7, 11) is -2.19. The number of hydrogen-bond acceptors (Lipinski definition) is 9. The van der Waals surface area contributed by atoms with E-state index in [4.69, 9.17) is 4.74 Å². The molecule has 0 radical (unpaired) electrons. The van der Waals surface area contributed by atoms with Crippen LogP contribution in [0.5, 0.6) is 5.88 Å². The molecule has 0 bridgehead atoms. The van der Waals surface area contributed by atoms with Gasteiger partial charge in [-0.1, -0.05) is 32.0 Å². The van der Waals surface area contributed by atoms with Gasteiger partial charge in [-0.05, 0) is 41.2 Å². The summed E-state index contributed by atoms with van der Waals surface area (Å²) in [5.74, 6) is -0.199. The first-order valence-electron chi connectivity index (χ1n) is 10.9. The van der Waals surface area contributed by atoms with Gasteiger partial charge in [0.2, 0.25) is 5.88 Å². The van der Waals surface area contributed by atoms with Crippen LogP contribution >= 0.6 is 11.3 Å². The summed E-state index contributed by atoms with van der Waals surface area (Å²) < 4.78 is 24.8. The largest absolute Gasteiger partial charge is 0.481 e. The summed E-state index contributed by atoms with van der Waals surface area (Å²) in [5.41, 5.74) is 1.54. The Morgan fingerprint density at radius 1 is 1.36 bits per heavy atom. The Hall–Kier alpha value is -3.37. The SMILES string of the molecule is COc1cc(-c2cccc(C(C)C)c2CC(=O)N=S(=O)(NC#N)c2cnc(C(C)(O)CO)s2)ccn1. The van der Waals surface area contributed by atoms with Gasteiger partial charge in [0, 0.05) is 12.3 Å². The van der Waals surface area contributed by atoms with E-state index < -0.39 is 28.0 Å². The molecule has 2 unspecified atom stereocenters. The summed E-state index contributed by atoms with van der Waals surface area (Å²) >= 11 is 0.795. The number of amides is 1. The maximum Gasteiger partial charge on any atom is 0.259 e. The number of aliphatic hydroxyl groups excluding tert-OH is 1. The van der Waals surface area contributed by atoms with Crippen LogP contribution in [0.4, 0.5) is 0 Å². The molecule has 2 atom stereocenters. The van der Waals surface area contributed by atoms with Crippen LogP contribution < -0.4 is 9.46 Å². The average molecular weight is 530 g/mol. The van der Waals surface area contributed by atoms with Crippen LogP contribution in [0.15, 0.2) is 51.3 Å². The normalized spacial score (nSPS) is 14.4. The fraction of sp³-hybridized carbons (Fsp3) is 0.333. The van der Waals surface area contributed by atoms with Crippen molar-refractivity contribution in [2.24, 2.45) is 4.36 Å². The van der Waals surface area contributed by atoms with Crippen LogP contribution in [0, 0.1) is 11.5 Å². The predicted octanol–water partition coefficient (Wildman–Crippen LogP) is 3.12. The minimum absolute atomic E-state index is 0.0163. The number of pyridine rings is 1. The van der Waals surface area contributed by atoms with E-state index >= 15 is 0 Å². The van der Waals surface area contributed by atoms with E-state index in [9.17, 15) is 24.5 Å². The Balaban J connectivity index is 2.08. The van der Waals surface area contributed by atoms with Crippen molar-refractivity contribution in [1.82, 2.24) is 14.7 Å². The minimum Gasteiger partial charge on any atom is -0.481 e. The molecule has 0 saturated heterocycles. The Bertz CT molecular complexity index is 1420. The fourth-order valence-electron chi connectivity index (χ4n) is 3.51. The minimum atomic E-state index is -3.71. The molecule has 3 N–H and O–H groups in total. The van der Waals surface area contributed by atoms with Crippen LogP contribution in [0.2, 0.25) is 0 Å². The molecule has 2 heterocycles. The highest BCUT2D eigenvalue weighted by Crippen LogP contribution is 2.33. The van der Waals surface area contributed by atoms with Crippen molar-refractivity contribution in [3.05, 3.63) is 58.9 Å². The highest BCUT2D eigenvalue weighted by Gasteiger charge is 2.29. The van der Waals surface area contributed by atoms with Crippen molar-refractivity contribution in [2.75, 3.05) is 13.7 Å². The van der Waals surface area contributed by atoms with E-state index in [-0.39, 0.29) is 21.6 Å². The number of ether oxygens (including phenoxy) is 1. The topological polar surface area (TPSA) is 158 Å². The first kappa shape index (κ1) is 27.2. The molecule has 3 rings (SSSR count). The number of aliphatic hydroxyl groups is 2. The molecule has 12 heteroatoms. The molecular formula is C24H27N5O5S2. The molecular weight excluding hydrogens is 502 g/mol. The van der Waals surface area contributed by atoms with Crippen molar-refractivity contribution >= 4 is 27.2 Å². The summed E-state index contributed by atoms with van der Waals surface area (Å²) in [6.07, 6.45) is 4.20. The maximum absolute atomic E-state index is 13.6. The number of benzene rings is 1. The van der Waals surface area contributed by atoms with Gasteiger partial charge in [-0.3, -0.25) is 4.79 Å². The van der Waals surface area contributed by atoms with Gasteiger partial charge in [-0.2, -0.15) is 5.26 Å². The lowest BCUT2D eigenvalue weighted by atomic mass is 9.88. The van der Waals surface area contributed by atoms with E-state index in [0.717, 1.165) is 28.0 Å². The van der Waals surface area contributed by atoms with Gasteiger partial charge >= 0.3 is 0 Å². The number of methoxy groups -OCH3 is 1. The molecule has 190 valence electrons. The van der Waals surface area contributed by atoms with Gasteiger partial charge in [-0.15, -0.1) is 15.7 Å². The van der Waals surface area contributed by atoms with E-state index in [1.807, 2.05) is 32.0 Å². The maximum atomic E-state index is 13.6. The Kier molecular flexibility index (Phi) is 8.42. The van der Waals surface area contributed by atoms with Crippen LogP contribution in [0.25, 0.3) is 11.1 Å². The van der Waals surface area contributed by atoms with Crippen LogP contribution in [0.3, 0.4) is 0 Å². The number of rotatable bonds is 9. The summed E-state index contributed by atoms with van der Waals surface area (Å²) in [4.78, 5) is 21.3. The number of nitrogens with one attached hydrogen (secondary N) is 1. The second-order valence-corrected chi connectivity index (χ2v) is 11.6. The van der Waals surface area contributed by atoms with Gasteiger partial charge in [0.05, 0.1) is 26.3 Å². The third-order valence-corrected chi connectivity index (χ3v) is 8.81. The quantitative estimate of drug-likeness (QED) is 0.282. The van der Waals surface area contributed by atoms with Crippen LogP contribution in [0.1, 0.15) is 42.8 Å². The summed E-state index contributed by atoms with van der Waals surface area (Å²) in [6.45, 7) is 4.74. The lowest BCUT2D eigenvalue weighted by Gasteiger charge is -2.17. The summed E-state index contributed by atoms with van der Waals surface area (Å²) in [5, 5.41) is 28.9. The first-order valence-corrected chi connectivity index (χ1v) is 13.3. The number of carbonyl (C=O) groups excluding carboxylic acids is 1. The first-order chi connectivity index (χ1) is 17.0. The van der Waals surface area contributed by atoms with Crippen LogP contribution in [-0.2, 0) is 26.7 Å². The fourth-order valence-corrected chi connectivity index (χ4v) is 6.03. The molecule has 1 amide bonds. The number of thiazole rings is 1. The number of hydrogen-bond donors (Lipinski definition) is 3. The zero-order valence-corrected chi connectivity index (χ0v) is 21.9. The van der Waals surface area contributed by atoms with Gasteiger partial charge in [-0.25, -0.2) is 18.9 Å². The van der Waals surface area contributed by atoms with E-state index in [2.05, 4.69) is 19.1 Å². The lowest BCUT2D eigenvalue weighted by Crippen LogP contribution is -2.25. The van der Waals surface area contributed by atoms with E-state index in [0.29, 0.717) is 11.4 Å². The lowest BCUT2D eigenvalue weighted by molar-refractivity contribution is -0.117. The summed E-state index contributed by atoms with van der Waals surface area (Å²) in [6, 6.07) is 9.26. The zero-order valence-electron chi connectivity index (χ0n) is 20.3. The predicted molar refractivity (Wildman–Crippen MR) is 135 cm³/mol. The Morgan fingerprint density at radius 3 is 2.75 bits per heavy atom.